The van der Waals surface area contributed by atoms with Crippen LogP contribution in [0.1, 0.15) is 77.2 Å². The summed E-state index contributed by atoms with van der Waals surface area (Å²) in [5, 5.41) is 11.5. The van der Waals surface area contributed by atoms with E-state index in [1.165, 1.54) is 5.57 Å². The molecule has 2 nitrogen and oxygen atoms in total. The van der Waals surface area contributed by atoms with E-state index in [2.05, 4.69) is 6.92 Å². The fourth-order valence-electron chi connectivity index (χ4n) is 7.81. The number of rotatable bonds is 5. The lowest BCUT2D eigenvalue weighted by Gasteiger charge is -2.56. The molecule has 36 heavy (non-hydrogen) atoms. The van der Waals surface area contributed by atoms with Crippen LogP contribution in [0.2, 0.25) is 0 Å². The van der Waals surface area contributed by atoms with Crippen LogP contribution < -0.4 is 0 Å². The van der Waals surface area contributed by atoms with Crippen LogP contribution in [0.5, 0.6) is 0 Å². The predicted octanol–water partition coefficient (Wildman–Crippen LogP) is 7.72. The van der Waals surface area contributed by atoms with Gasteiger partial charge in [-0.2, -0.15) is 8.78 Å². The fraction of sp³-hybridized carbons (Fsp3) is 0.621. The van der Waals surface area contributed by atoms with Gasteiger partial charge in [0.15, 0.2) is 5.78 Å². The van der Waals surface area contributed by atoms with Crippen LogP contribution in [-0.4, -0.2) is 34.1 Å². The maximum atomic E-state index is 15.4. The summed E-state index contributed by atoms with van der Waals surface area (Å²) in [6.45, 7) is 3.91. The molecule has 0 amide bonds. The SMILES string of the molecule is CCSc1ccc([C@H]2C[C@@]3(C)C(CC[C@@]3(O)C(F)(F)C(C)(F)F)C3CCC4=CC(=O)CCC4=C32)cc1. The van der Waals surface area contributed by atoms with Gasteiger partial charge >= 0.3 is 11.8 Å². The number of carbonyl (C=O) groups is 1. The minimum absolute atomic E-state index is 0.0749. The Hall–Kier alpha value is -1.60. The van der Waals surface area contributed by atoms with Gasteiger partial charge in [-0.15, -0.1) is 11.8 Å². The minimum atomic E-state index is -4.54. The molecule has 4 aliphatic carbocycles. The Morgan fingerprint density at radius 1 is 1.08 bits per heavy atom. The molecule has 2 saturated carbocycles. The summed E-state index contributed by atoms with van der Waals surface area (Å²) >= 11 is 1.71. The number of thioether (sulfide) groups is 1. The third kappa shape index (κ3) is 3.66. The van der Waals surface area contributed by atoms with E-state index in [9.17, 15) is 18.7 Å². The van der Waals surface area contributed by atoms with Crippen molar-refractivity contribution in [2.75, 3.05) is 5.75 Å². The van der Waals surface area contributed by atoms with E-state index in [0.29, 0.717) is 25.7 Å². The lowest BCUT2D eigenvalue weighted by atomic mass is 9.50. The Morgan fingerprint density at radius 3 is 2.42 bits per heavy atom. The number of alkyl halides is 4. The molecule has 1 N–H and O–H groups in total. The van der Waals surface area contributed by atoms with Crippen molar-refractivity contribution in [2.45, 2.75) is 94.0 Å². The van der Waals surface area contributed by atoms with Gasteiger partial charge in [0.1, 0.15) is 5.60 Å². The van der Waals surface area contributed by atoms with Crippen molar-refractivity contribution in [1.82, 2.24) is 0 Å². The normalized spacial score (nSPS) is 34.7. The molecule has 7 heteroatoms. The van der Waals surface area contributed by atoms with E-state index in [-0.39, 0.29) is 49.7 Å². The Bertz CT molecular complexity index is 1120. The summed E-state index contributed by atoms with van der Waals surface area (Å²) in [7, 11) is 0. The quantitative estimate of drug-likeness (QED) is 0.318. The first-order chi connectivity index (χ1) is 16.8. The highest BCUT2D eigenvalue weighted by molar-refractivity contribution is 7.99. The van der Waals surface area contributed by atoms with Crippen molar-refractivity contribution in [3.63, 3.8) is 0 Å². The molecule has 196 valence electrons. The molecule has 2 unspecified atom stereocenters. The lowest BCUT2D eigenvalue weighted by Crippen LogP contribution is -2.65. The molecule has 1 aromatic rings. The summed E-state index contributed by atoms with van der Waals surface area (Å²) in [5.41, 5.74) is 0.179. The second-order valence-corrected chi connectivity index (χ2v) is 12.7. The summed E-state index contributed by atoms with van der Waals surface area (Å²) in [4.78, 5) is 13.3. The van der Waals surface area contributed by atoms with Crippen molar-refractivity contribution in [3.8, 4) is 0 Å². The molecule has 5 atom stereocenters. The van der Waals surface area contributed by atoms with E-state index < -0.39 is 22.9 Å². The zero-order valence-corrected chi connectivity index (χ0v) is 21.9. The zero-order chi connectivity index (χ0) is 26.1. The second kappa shape index (κ2) is 8.72. The monoisotopic (exact) mass is 522 g/mol. The molecule has 0 radical (unpaired) electrons. The molecule has 2 fully saturated rings. The van der Waals surface area contributed by atoms with Crippen LogP contribution in [0, 0.1) is 17.3 Å². The van der Waals surface area contributed by atoms with Crippen molar-refractivity contribution < 1.29 is 27.5 Å². The number of carbonyl (C=O) groups excluding carboxylic acids is 1. The van der Waals surface area contributed by atoms with Crippen molar-refractivity contribution in [1.29, 1.82) is 0 Å². The van der Waals surface area contributed by atoms with Crippen LogP contribution in [0.3, 0.4) is 0 Å². The Labute approximate surface area is 214 Å². The standard InChI is InChI=1S/C29H34F4O2S/c1-4-36-20-9-5-17(6-10-20)23-16-26(2)24(13-14-28(26,35)29(32,33)27(3,30)31)22-11-7-18-15-19(34)8-12-21(18)25(22)23/h5-6,9-10,15,22-24,35H,4,7-8,11-14,16H2,1-3H3/t22?,23-,24?,26+,28+/m1/s1. The number of hydrogen-bond acceptors (Lipinski definition) is 3. The van der Waals surface area contributed by atoms with Crippen molar-refractivity contribution in [2.24, 2.45) is 17.3 Å². The van der Waals surface area contributed by atoms with Gasteiger partial charge in [-0.05, 0) is 91.0 Å². The number of fused-ring (bicyclic) bond motifs is 4. The average molecular weight is 523 g/mol. The molecule has 5 rings (SSSR count). The Balaban J connectivity index is 1.67. The third-order valence-corrected chi connectivity index (χ3v) is 10.4. The van der Waals surface area contributed by atoms with E-state index in [1.54, 1.807) is 24.8 Å². The highest BCUT2D eigenvalue weighted by Crippen LogP contribution is 2.70. The molecule has 0 saturated heterocycles. The predicted molar refractivity (Wildman–Crippen MR) is 134 cm³/mol. The first kappa shape index (κ1) is 26.0. The van der Waals surface area contributed by atoms with Gasteiger partial charge in [0.25, 0.3) is 0 Å². The lowest BCUT2D eigenvalue weighted by molar-refractivity contribution is -0.315. The molecule has 1 aromatic carbocycles. The number of aliphatic hydroxyl groups is 1. The first-order valence-electron chi connectivity index (χ1n) is 13.0. The molecule has 4 aliphatic rings. The fourth-order valence-corrected chi connectivity index (χ4v) is 8.47. The summed E-state index contributed by atoms with van der Waals surface area (Å²) in [6.07, 6.45) is 4.29. The number of benzene rings is 1. The van der Waals surface area contributed by atoms with Crippen LogP contribution in [-0.2, 0) is 4.79 Å². The number of allylic oxidation sites excluding steroid dienone is 4. The summed E-state index contributed by atoms with van der Waals surface area (Å²) in [6, 6.07) is 8.09. The van der Waals surface area contributed by atoms with E-state index in [0.717, 1.165) is 27.4 Å². The Morgan fingerprint density at radius 2 is 1.78 bits per heavy atom. The van der Waals surface area contributed by atoms with Crippen LogP contribution >= 0.6 is 11.8 Å². The van der Waals surface area contributed by atoms with Gasteiger partial charge < -0.3 is 5.11 Å². The summed E-state index contributed by atoms with van der Waals surface area (Å²) in [5.74, 6) is -8.50. The van der Waals surface area contributed by atoms with Gasteiger partial charge in [0, 0.05) is 29.6 Å². The molecule has 0 heterocycles. The van der Waals surface area contributed by atoms with Crippen LogP contribution in [0.4, 0.5) is 17.6 Å². The Kier molecular flexibility index (Phi) is 6.31. The molecular formula is C29H34F4O2S. The highest BCUT2D eigenvalue weighted by atomic mass is 32.2. The topological polar surface area (TPSA) is 37.3 Å². The number of ketones is 1. The maximum Gasteiger partial charge on any atom is 0.338 e. The average Bonchev–Trinajstić information content (AvgIpc) is 3.10. The van der Waals surface area contributed by atoms with Gasteiger partial charge in [-0.25, -0.2) is 8.78 Å². The van der Waals surface area contributed by atoms with Gasteiger partial charge in [0.05, 0.1) is 0 Å². The molecule has 0 aliphatic heterocycles. The zero-order valence-electron chi connectivity index (χ0n) is 21.1. The highest BCUT2D eigenvalue weighted by Gasteiger charge is 2.76. The van der Waals surface area contributed by atoms with Crippen LogP contribution in [0.25, 0.3) is 0 Å². The van der Waals surface area contributed by atoms with Gasteiger partial charge in [-0.1, -0.05) is 31.6 Å². The maximum absolute atomic E-state index is 15.4. The third-order valence-electron chi connectivity index (χ3n) is 9.55. The smallest absolute Gasteiger partial charge is 0.338 e. The molecular weight excluding hydrogens is 488 g/mol. The second-order valence-electron chi connectivity index (χ2n) is 11.4. The number of halogens is 4. The molecule has 0 aromatic heterocycles. The van der Waals surface area contributed by atoms with Gasteiger partial charge in [-0.3, -0.25) is 4.79 Å². The summed E-state index contributed by atoms with van der Waals surface area (Å²) < 4.78 is 59.3. The van der Waals surface area contributed by atoms with Gasteiger partial charge in [0.2, 0.25) is 0 Å². The number of hydrogen-bond donors (Lipinski definition) is 1. The van der Waals surface area contributed by atoms with E-state index in [4.69, 9.17) is 0 Å². The largest absolute Gasteiger partial charge is 0.383 e. The van der Waals surface area contributed by atoms with Crippen molar-refractivity contribution >= 4 is 17.5 Å². The molecule has 0 bridgehead atoms. The van der Waals surface area contributed by atoms with E-state index >= 15 is 8.78 Å². The van der Waals surface area contributed by atoms with Crippen molar-refractivity contribution in [3.05, 3.63) is 52.6 Å². The van der Waals surface area contributed by atoms with E-state index in [1.807, 2.05) is 24.3 Å². The first-order valence-corrected chi connectivity index (χ1v) is 14.0. The minimum Gasteiger partial charge on any atom is -0.383 e. The molecule has 0 spiro atoms. The van der Waals surface area contributed by atoms with Crippen LogP contribution in [0.15, 0.2) is 52.0 Å².